The molecule has 0 aromatic heterocycles. The topological polar surface area (TPSA) is 3.24 Å². The molecule has 2 fully saturated rings. The van der Waals surface area contributed by atoms with Crippen molar-refractivity contribution in [2.24, 2.45) is 0 Å². The molecule has 8 aromatic carbocycles. The van der Waals surface area contributed by atoms with Crippen LogP contribution in [0.4, 0.5) is 17.1 Å². The van der Waals surface area contributed by atoms with Crippen molar-refractivity contribution >= 4 is 17.1 Å². The van der Waals surface area contributed by atoms with E-state index in [4.69, 9.17) is 0 Å². The molecule has 4 bridgehead atoms. The second-order valence-electron chi connectivity index (χ2n) is 18.2. The third-order valence-electron chi connectivity index (χ3n) is 14.9. The van der Waals surface area contributed by atoms with Crippen molar-refractivity contribution in [2.75, 3.05) is 4.90 Å². The highest BCUT2D eigenvalue weighted by molar-refractivity contribution is 5.90. The highest BCUT2D eigenvalue weighted by Crippen LogP contribution is 2.60. The van der Waals surface area contributed by atoms with E-state index < -0.39 is 0 Å². The average Bonchev–Trinajstić information content (AvgIpc) is 3.35. The minimum atomic E-state index is 0.711. The van der Waals surface area contributed by atoms with Crippen LogP contribution in [0.25, 0.3) is 55.6 Å². The van der Waals surface area contributed by atoms with Crippen LogP contribution in [0.5, 0.6) is 0 Å². The second kappa shape index (κ2) is 15.2. The normalized spacial score (nSPS) is 19.6. The van der Waals surface area contributed by atoms with Crippen molar-refractivity contribution in [1.82, 2.24) is 0 Å². The Labute approximate surface area is 361 Å². The summed E-state index contributed by atoms with van der Waals surface area (Å²) in [5.41, 5.74) is 23.2. The Hall–Kier alpha value is -6.44. The summed E-state index contributed by atoms with van der Waals surface area (Å²) in [7, 11) is 0. The Kier molecular flexibility index (Phi) is 9.09. The predicted octanol–water partition coefficient (Wildman–Crippen LogP) is 17.0. The van der Waals surface area contributed by atoms with Gasteiger partial charge in [0, 0.05) is 17.1 Å². The first-order chi connectivity index (χ1) is 30.2. The third-order valence-corrected chi connectivity index (χ3v) is 14.9. The molecule has 0 N–H and O–H groups in total. The van der Waals surface area contributed by atoms with Gasteiger partial charge in [0.15, 0.2) is 0 Å². The highest BCUT2D eigenvalue weighted by atomic mass is 15.1. The van der Waals surface area contributed by atoms with Gasteiger partial charge in [-0.15, -0.1) is 0 Å². The number of fused-ring (bicyclic) bond motifs is 4. The summed E-state index contributed by atoms with van der Waals surface area (Å²) >= 11 is 0. The second-order valence-corrected chi connectivity index (χ2v) is 18.2. The molecule has 14 rings (SSSR count). The molecular weight excluding hydrogens is 735 g/mol. The van der Waals surface area contributed by atoms with E-state index in [9.17, 15) is 0 Å². The van der Waals surface area contributed by atoms with Gasteiger partial charge in [0.25, 0.3) is 0 Å². The Morgan fingerprint density at radius 3 is 1.26 bits per heavy atom. The molecular formula is C60H51N. The Balaban J connectivity index is 1.00. The number of hydrogen-bond donors (Lipinski definition) is 0. The van der Waals surface area contributed by atoms with Crippen LogP contribution >= 0.6 is 0 Å². The van der Waals surface area contributed by atoms with Gasteiger partial charge in [-0.05, 0) is 195 Å². The lowest BCUT2D eigenvalue weighted by Gasteiger charge is -2.46. The molecule has 0 spiro atoms. The number of anilines is 3. The molecule has 2 saturated carbocycles. The molecule has 0 saturated heterocycles. The molecule has 0 aliphatic heterocycles. The van der Waals surface area contributed by atoms with Gasteiger partial charge in [0.05, 0.1) is 0 Å². The largest absolute Gasteiger partial charge is 0.310 e. The van der Waals surface area contributed by atoms with Crippen molar-refractivity contribution in [3.05, 3.63) is 210 Å². The van der Waals surface area contributed by atoms with Crippen molar-refractivity contribution in [3.63, 3.8) is 0 Å². The van der Waals surface area contributed by atoms with E-state index in [-0.39, 0.29) is 0 Å². The van der Waals surface area contributed by atoms with Crippen molar-refractivity contribution < 1.29 is 0 Å². The average molecular weight is 786 g/mol. The van der Waals surface area contributed by atoms with E-state index in [1.165, 1.54) is 107 Å². The molecule has 0 radical (unpaired) electrons. The summed E-state index contributed by atoms with van der Waals surface area (Å²) in [6, 6.07) is 70.1. The first-order valence-corrected chi connectivity index (χ1v) is 22.9. The number of benzene rings is 8. The van der Waals surface area contributed by atoms with E-state index in [1.807, 2.05) is 0 Å². The van der Waals surface area contributed by atoms with Gasteiger partial charge in [-0.25, -0.2) is 0 Å². The predicted molar refractivity (Wildman–Crippen MR) is 256 cm³/mol. The molecule has 61 heavy (non-hydrogen) atoms. The van der Waals surface area contributed by atoms with Crippen LogP contribution in [0, 0.1) is 0 Å². The highest BCUT2D eigenvalue weighted by Gasteiger charge is 2.42. The summed E-state index contributed by atoms with van der Waals surface area (Å²) in [6.07, 6.45) is 11.0. The zero-order valence-electron chi connectivity index (χ0n) is 34.8. The van der Waals surface area contributed by atoms with Gasteiger partial charge in [0.1, 0.15) is 0 Å². The molecule has 6 aliphatic rings. The van der Waals surface area contributed by atoms with Crippen molar-refractivity contribution in [2.45, 2.75) is 75.0 Å². The maximum absolute atomic E-state index is 2.74. The van der Waals surface area contributed by atoms with Crippen LogP contribution in [0.1, 0.15) is 97.3 Å². The van der Waals surface area contributed by atoms with Gasteiger partial charge in [-0.2, -0.15) is 0 Å². The summed E-state index contributed by atoms with van der Waals surface area (Å²) in [4.78, 5) is 2.47. The van der Waals surface area contributed by atoms with Gasteiger partial charge in [-0.3, -0.25) is 0 Å². The van der Waals surface area contributed by atoms with Crippen LogP contribution in [0.15, 0.2) is 188 Å². The summed E-state index contributed by atoms with van der Waals surface area (Å²) in [6.45, 7) is 0. The van der Waals surface area contributed by atoms with Crippen LogP contribution in [-0.2, 0) is 0 Å². The number of hydrogen-bond acceptors (Lipinski definition) is 1. The molecule has 0 amide bonds. The minimum Gasteiger partial charge on any atom is -0.310 e. The lowest BCUT2D eigenvalue weighted by molar-refractivity contribution is 0.342. The Morgan fingerprint density at radius 1 is 0.279 bits per heavy atom. The Morgan fingerprint density at radius 2 is 0.705 bits per heavy atom. The van der Waals surface area contributed by atoms with Crippen LogP contribution in [0.2, 0.25) is 0 Å². The standard InChI is InChI=1S/C60H51N/c1-4-11-40(12-5-1)42-27-31-51(32-28-42)61(53-35-36-54(55(38-53)43-15-8-3-9-16-43)50-18-10-17-49(37-50)41-13-6-2-7-14-41)52-33-29-48(30-34-52)60-58-46-23-19-44(20-24-46)56(58)39-57-45-21-25-47(26-22-45)59(57)60/h1-18,27-39,44-47H,19-26H2. The molecule has 6 aliphatic carbocycles. The van der Waals surface area contributed by atoms with Gasteiger partial charge >= 0.3 is 0 Å². The quantitative estimate of drug-likeness (QED) is 0.148. The van der Waals surface area contributed by atoms with Gasteiger partial charge < -0.3 is 4.90 Å². The maximum atomic E-state index is 2.74. The molecule has 0 unspecified atom stereocenters. The SMILES string of the molecule is c1ccc(-c2ccc(N(c3ccc(-c4c5c(cc6c4C4CCC6CC4)C4CCC5CC4)cc3)c3ccc(-c4cccc(-c5ccccc5)c4)c(-c4ccccc4)c3)cc2)cc1. The molecule has 1 nitrogen and oxygen atoms in total. The zero-order chi connectivity index (χ0) is 40.3. The van der Waals surface area contributed by atoms with Crippen molar-refractivity contribution in [1.29, 1.82) is 0 Å². The van der Waals surface area contributed by atoms with E-state index in [0.29, 0.717) is 11.8 Å². The summed E-state index contributed by atoms with van der Waals surface area (Å²) in [5.74, 6) is 2.92. The Bertz CT molecular complexity index is 2790. The number of rotatable bonds is 8. The van der Waals surface area contributed by atoms with E-state index >= 15 is 0 Å². The lowest BCUT2D eigenvalue weighted by Crippen LogP contribution is -2.28. The minimum absolute atomic E-state index is 0.711. The fourth-order valence-electron chi connectivity index (χ4n) is 11.9. The monoisotopic (exact) mass is 785 g/mol. The summed E-state index contributed by atoms with van der Waals surface area (Å²) in [5, 5.41) is 0. The molecule has 8 aromatic rings. The molecule has 296 valence electrons. The van der Waals surface area contributed by atoms with Crippen LogP contribution in [0.3, 0.4) is 0 Å². The van der Waals surface area contributed by atoms with Gasteiger partial charge in [0.2, 0.25) is 0 Å². The molecule has 1 heteroatoms. The van der Waals surface area contributed by atoms with Gasteiger partial charge in [-0.1, -0.05) is 146 Å². The molecule has 0 heterocycles. The maximum Gasteiger partial charge on any atom is 0.0468 e. The third kappa shape index (κ3) is 6.45. The zero-order valence-corrected chi connectivity index (χ0v) is 34.8. The van der Waals surface area contributed by atoms with E-state index in [2.05, 4.69) is 193 Å². The van der Waals surface area contributed by atoms with E-state index in [1.54, 1.807) is 27.8 Å². The van der Waals surface area contributed by atoms with Crippen molar-refractivity contribution in [3.8, 4) is 55.6 Å². The van der Waals surface area contributed by atoms with E-state index in [0.717, 1.165) is 23.2 Å². The van der Waals surface area contributed by atoms with Crippen LogP contribution in [-0.4, -0.2) is 0 Å². The first-order valence-electron chi connectivity index (χ1n) is 22.9. The fourth-order valence-corrected chi connectivity index (χ4v) is 11.9. The van der Waals surface area contributed by atoms with Crippen LogP contribution < -0.4 is 4.90 Å². The summed E-state index contributed by atoms with van der Waals surface area (Å²) < 4.78 is 0. The fraction of sp³-hybridized carbons (Fsp3) is 0.200. The smallest absolute Gasteiger partial charge is 0.0468 e. The number of nitrogens with zero attached hydrogens (tertiary/aromatic N) is 1. The molecule has 0 atom stereocenters. The lowest BCUT2D eigenvalue weighted by atomic mass is 9.59. The first kappa shape index (κ1) is 36.4.